The van der Waals surface area contributed by atoms with Crippen LogP contribution in [0.25, 0.3) is 22.6 Å². The first kappa shape index (κ1) is 21.8. The van der Waals surface area contributed by atoms with Crippen LogP contribution in [-0.2, 0) is 6.42 Å². The predicted molar refractivity (Wildman–Crippen MR) is 118 cm³/mol. The van der Waals surface area contributed by atoms with Crippen LogP contribution < -0.4 is 10.1 Å². The van der Waals surface area contributed by atoms with Crippen LogP contribution in [0.1, 0.15) is 12.5 Å². The monoisotopic (exact) mass is 501 g/mol. The van der Waals surface area contributed by atoms with Crippen LogP contribution in [0.4, 0.5) is 14.6 Å². The lowest BCUT2D eigenvalue weighted by Gasteiger charge is -2.11. The second-order valence-corrected chi connectivity index (χ2v) is 7.63. The van der Waals surface area contributed by atoms with E-state index in [9.17, 15) is 8.78 Å². The van der Waals surface area contributed by atoms with Crippen LogP contribution in [0.5, 0.6) is 5.75 Å². The molecule has 2 aromatic carbocycles. The van der Waals surface area contributed by atoms with E-state index < -0.39 is 11.6 Å². The van der Waals surface area contributed by atoms with Crippen molar-refractivity contribution in [1.29, 1.82) is 0 Å². The summed E-state index contributed by atoms with van der Waals surface area (Å²) in [6, 6.07) is 9.79. The quantitative estimate of drug-likeness (QED) is 0.351. The Morgan fingerprint density at radius 2 is 1.88 bits per heavy atom. The molecule has 0 atom stereocenters. The van der Waals surface area contributed by atoms with E-state index in [1.807, 2.05) is 25.1 Å². The fourth-order valence-electron chi connectivity index (χ4n) is 3.17. The molecule has 164 valence electrons. The minimum absolute atomic E-state index is 0.0217. The first-order valence-electron chi connectivity index (χ1n) is 9.78. The summed E-state index contributed by atoms with van der Waals surface area (Å²) >= 11 is 3.08. The Kier molecular flexibility index (Phi) is 6.69. The number of ether oxygens (including phenoxy) is 1. The molecule has 0 radical (unpaired) electrons. The van der Waals surface area contributed by atoms with Gasteiger partial charge >= 0.3 is 0 Å². The molecule has 4 rings (SSSR count). The van der Waals surface area contributed by atoms with Gasteiger partial charge in [0.05, 0.1) is 17.9 Å². The molecule has 0 amide bonds. The summed E-state index contributed by atoms with van der Waals surface area (Å²) in [5.74, 6) is 0.380. The van der Waals surface area contributed by atoms with Crippen LogP contribution >= 0.6 is 15.9 Å². The van der Waals surface area contributed by atoms with Crippen molar-refractivity contribution in [2.75, 3.05) is 18.5 Å². The Hall–Kier alpha value is -3.40. The van der Waals surface area contributed by atoms with E-state index in [4.69, 9.17) is 9.26 Å². The van der Waals surface area contributed by atoms with Crippen molar-refractivity contribution in [2.45, 2.75) is 13.3 Å². The topological polar surface area (TPSA) is 86.0 Å². The van der Waals surface area contributed by atoms with Crippen LogP contribution in [0.2, 0.25) is 0 Å². The van der Waals surface area contributed by atoms with Gasteiger partial charge in [-0.25, -0.2) is 18.7 Å². The third kappa shape index (κ3) is 4.91. The normalized spacial score (nSPS) is 10.9. The molecule has 32 heavy (non-hydrogen) atoms. The molecule has 4 aromatic rings. The minimum atomic E-state index is -0.591. The highest BCUT2D eigenvalue weighted by atomic mass is 79.9. The van der Waals surface area contributed by atoms with Crippen molar-refractivity contribution in [2.24, 2.45) is 0 Å². The predicted octanol–water partition coefficient (Wildman–Crippen LogP) is 5.29. The van der Waals surface area contributed by atoms with Gasteiger partial charge in [0.2, 0.25) is 12.2 Å². The van der Waals surface area contributed by atoms with E-state index >= 15 is 0 Å². The lowest BCUT2D eigenvalue weighted by atomic mass is 10.1. The van der Waals surface area contributed by atoms with Crippen LogP contribution in [0.3, 0.4) is 0 Å². The molecule has 2 aromatic heterocycles. The number of rotatable bonds is 8. The summed E-state index contributed by atoms with van der Waals surface area (Å²) in [5.41, 5.74) is 2.18. The lowest BCUT2D eigenvalue weighted by molar-refractivity contribution is 0.341. The number of hydrogen-bond acceptors (Lipinski definition) is 7. The van der Waals surface area contributed by atoms with Crippen molar-refractivity contribution < 1.29 is 18.0 Å². The second-order valence-electron chi connectivity index (χ2n) is 6.71. The molecule has 0 unspecified atom stereocenters. The van der Waals surface area contributed by atoms with Crippen molar-refractivity contribution in [1.82, 2.24) is 20.1 Å². The molecule has 0 bridgehead atoms. The highest BCUT2D eigenvalue weighted by Gasteiger charge is 2.14. The third-order valence-electron chi connectivity index (χ3n) is 4.63. The highest BCUT2D eigenvalue weighted by molar-refractivity contribution is 9.10. The Labute approximate surface area is 191 Å². The summed E-state index contributed by atoms with van der Waals surface area (Å²) in [7, 11) is 0. The molecule has 0 fully saturated rings. The van der Waals surface area contributed by atoms with Gasteiger partial charge in [0.1, 0.15) is 29.5 Å². The zero-order valence-electron chi connectivity index (χ0n) is 17.0. The van der Waals surface area contributed by atoms with Gasteiger partial charge in [-0.05, 0) is 37.6 Å². The van der Waals surface area contributed by atoms with E-state index in [0.29, 0.717) is 46.3 Å². The molecule has 0 aliphatic carbocycles. The highest BCUT2D eigenvalue weighted by Crippen LogP contribution is 2.32. The summed E-state index contributed by atoms with van der Waals surface area (Å²) in [4.78, 5) is 12.6. The zero-order valence-corrected chi connectivity index (χ0v) is 18.6. The molecule has 7 nitrogen and oxygen atoms in total. The van der Waals surface area contributed by atoms with E-state index in [2.05, 4.69) is 41.4 Å². The first-order valence-corrected chi connectivity index (χ1v) is 10.6. The molecule has 0 saturated heterocycles. The van der Waals surface area contributed by atoms with Gasteiger partial charge in [-0.1, -0.05) is 27.2 Å². The number of hydrogen-bond donors (Lipinski definition) is 1. The Morgan fingerprint density at radius 1 is 1.06 bits per heavy atom. The Morgan fingerprint density at radius 3 is 2.59 bits per heavy atom. The molecule has 10 heteroatoms. The Bertz CT molecular complexity index is 1200. The number of nitrogens with zero attached hydrogens (tertiary/aromatic N) is 4. The molecular formula is C22H18BrF2N5O2. The van der Waals surface area contributed by atoms with Crippen molar-refractivity contribution in [3.8, 4) is 28.4 Å². The summed E-state index contributed by atoms with van der Waals surface area (Å²) in [5, 5.41) is 6.95. The standard InChI is InChI=1S/C22H18BrF2N5O2/c1-2-31-20-7-13(3-4-16(20)22-29-12-32-30-22)19-10-21(28-11-27-19)26-6-5-15-17(24)8-14(23)9-18(15)25/h3-4,7-12H,2,5-6H2,1H3,(H,26,27,28). The summed E-state index contributed by atoms with van der Waals surface area (Å²) in [6.45, 7) is 2.65. The van der Waals surface area contributed by atoms with Gasteiger partial charge in [0, 0.05) is 28.2 Å². The van der Waals surface area contributed by atoms with Crippen molar-refractivity contribution in [3.63, 3.8) is 0 Å². The molecular weight excluding hydrogens is 484 g/mol. The van der Waals surface area contributed by atoms with Gasteiger partial charge in [-0.15, -0.1) is 0 Å². The van der Waals surface area contributed by atoms with Gasteiger partial charge in [0.25, 0.3) is 0 Å². The number of aromatic nitrogens is 4. The molecule has 1 N–H and O–H groups in total. The van der Waals surface area contributed by atoms with Crippen LogP contribution in [0, 0.1) is 11.6 Å². The summed E-state index contributed by atoms with van der Waals surface area (Å²) in [6.07, 6.45) is 2.84. The van der Waals surface area contributed by atoms with Gasteiger partial charge < -0.3 is 14.6 Å². The number of halogens is 3. The second kappa shape index (κ2) is 9.82. The largest absolute Gasteiger partial charge is 0.493 e. The number of benzene rings is 2. The Balaban J connectivity index is 1.51. The first-order chi connectivity index (χ1) is 15.5. The maximum atomic E-state index is 14.0. The molecule has 0 saturated carbocycles. The van der Waals surface area contributed by atoms with Crippen LogP contribution in [-0.4, -0.2) is 33.3 Å². The van der Waals surface area contributed by atoms with Gasteiger partial charge in [-0.2, -0.15) is 4.98 Å². The maximum absolute atomic E-state index is 14.0. The molecule has 0 spiro atoms. The fraction of sp³-hybridized carbons (Fsp3) is 0.182. The molecule has 2 heterocycles. The van der Waals surface area contributed by atoms with E-state index in [1.54, 1.807) is 6.07 Å². The average molecular weight is 502 g/mol. The maximum Gasteiger partial charge on any atom is 0.214 e. The van der Waals surface area contributed by atoms with E-state index in [0.717, 1.165) is 5.56 Å². The van der Waals surface area contributed by atoms with Gasteiger partial charge in [0.15, 0.2) is 0 Å². The average Bonchev–Trinajstić information content (AvgIpc) is 3.31. The number of nitrogens with one attached hydrogen (secondary N) is 1. The smallest absolute Gasteiger partial charge is 0.214 e. The van der Waals surface area contributed by atoms with Crippen molar-refractivity contribution >= 4 is 21.7 Å². The molecule has 0 aliphatic rings. The van der Waals surface area contributed by atoms with Crippen molar-refractivity contribution in [3.05, 3.63) is 70.8 Å². The zero-order chi connectivity index (χ0) is 22.5. The lowest BCUT2D eigenvalue weighted by Crippen LogP contribution is -2.09. The molecule has 0 aliphatic heterocycles. The summed E-state index contributed by atoms with van der Waals surface area (Å²) < 4.78 is 38.9. The minimum Gasteiger partial charge on any atom is -0.493 e. The van der Waals surface area contributed by atoms with E-state index in [-0.39, 0.29) is 12.0 Å². The fourth-order valence-corrected chi connectivity index (χ4v) is 3.57. The van der Waals surface area contributed by atoms with E-state index in [1.165, 1.54) is 24.9 Å². The third-order valence-corrected chi connectivity index (χ3v) is 5.09. The number of anilines is 1. The van der Waals surface area contributed by atoms with Gasteiger partial charge in [-0.3, -0.25) is 0 Å². The SMILES string of the molecule is CCOc1cc(-c2cc(NCCc3c(F)cc(Br)cc3F)ncn2)ccc1-c1ncon1. The van der Waals surface area contributed by atoms with Crippen LogP contribution in [0.15, 0.2) is 58.1 Å².